The molecule has 2 nitrogen and oxygen atoms in total. The maximum absolute atomic E-state index is 12.8. The minimum atomic E-state index is -0.377. The highest BCUT2D eigenvalue weighted by Gasteiger charge is 2.09. The number of carbonyl (C=O) groups excluding carboxylic acids is 1. The molecule has 0 amide bonds. The molecule has 0 aliphatic heterocycles. The summed E-state index contributed by atoms with van der Waals surface area (Å²) >= 11 is 0. The Morgan fingerprint density at radius 2 is 2.08 bits per heavy atom. The van der Waals surface area contributed by atoms with Crippen molar-refractivity contribution in [1.82, 2.24) is 0 Å². The van der Waals surface area contributed by atoms with Crippen LogP contribution in [0.4, 0.5) is 10.1 Å². The van der Waals surface area contributed by atoms with Gasteiger partial charge in [0.25, 0.3) is 0 Å². The quantitative estimate of drug-likeness (QED) is 0.513. The van der Waals surface area contributed by atoms with Crippen LogP contribution >= 0.6 is 0 Å². The van der Waals surface area contributed by atoms with Crippen LogP contribution in [0.2, 0.25) is 0 Å². The molecule has 0 aromatic heterocycles. The van der Waals surface area contributed by atoms with Crippen LogP contribution in [0.1, 0.15) is 22.8 Å². The Morgan fingerprint density at radius 3 is 2.58 bits per heavy atom. The van der Waals surface area contributed by atoms with Gasteiger partial charge in [0, 0.05) is 16.8 Å². The van der Waals surface area contributed by atoms with E-state index in [4.69, 9.17) is 5.73 Å². The van der Waals surface area contributed by atoms with E-state index in [1.165, 1.54) is 19.1 Å². The van der Waals surface area contributed by atoms with E-state index < -0.39 is 0 Å². The monoisotopic (exact) mass is 167 g/mol. The molecule has 0 heterocycles. The smallest absolute Gasteiger partial charge is 0.161 e. The minimum absolute atomic E-state index is 0.143. The number of hydrogen-bond donors (Lipinski definition) is 1. The van der Waals surface area contributed by atoms with Gasteiger partial charge in [0.15, 0.2) is 5.78 Å². The first-order valence-corrected chi connectivity index (χ1v) is 3.59. The van der Waals surface area contributed by atoms with Gasteiger partial charge < -0.3 is 5.73 Å². The summed E-state index contributed by atoms with van der Waals surface area (Å²) in [5.74, 6) is -0.520. The summed E-state index contributed by atoms with van der Waals surface area (Å²) in [4.78, 5) is 10.9. The summed E-state index contributed by atoms with van der Waals surface area (Å²) in [5, 5.41) is 0. The van der Waals surface area contributed by atoms with Crippen molar-refractivity contribution in [2.45, 2.75) is 13.8 Å². The zero-order chi connectivity index (χ0) is 9.30. The number of hydrogen-bond acceptors (Lipinski definition) is 2. The number of anilines is 1. The Morgan fingerprint density at radius 1 is 1.50 bits per heavy atom. The number of nitrogens with two attached hydrogens (primary N) is 1. The van der Waals surface area contributed by atoms with Gasteiger partial charge in [0.2, 0.25) is 0 Å². The highest BCUT2D eigenvalue weighted by atomic mass is 19.1. The molecule has 12 heavy (non-hydrogen) atoms. The van der Waals surface area contributed by atoms with E-state index in [1.807, 2.05) is 0 Å². The number of halogens is 1. The van der Waals surface area contributed by atoms with E-state index in [1.54, 1.807) is 6.92 Å². The van der Waals surface area contributed by atoms with Crippen LogP contribution in [0.5, 0.6) is 0 Å². The second kappa shape index (κ2) is 2.93. The van der Waals surface area contributed by atoms with E-state index in [0.717, 1.165) is 0 Å². The predicted octanol–water partition coefficient (Wildman–Crippen LogP) is 1.92. The van der Waals surface area contributed by atoms with E-state index in [9.17, 15) is 9.18 Å². The Labute approximate surface area is 70.2 Å². The van der Waals surface area contributed by atoms with Crippen LogP contribution in [0, 0.1) is 12.7 Å². The van der Waals surface area contributed by atoms with Gasteiger partial charge in [-0.05, 0) is 26.0 Å². The number of benzene rings is 1. The zero-order valence-corrected chi connectivity index (χ0v) is 7.02. The lowest BCUT2D eigenvalue weighted by Gasteiger charge is -2.05. The Kier molecular flexibility index (Phi) is 2.13. The van der Waals surface area contributed by atoms with Crippen LogP contribution in [0.3, 0.4) is 0 Å². The molecule has 0 saturated carbocycles. The molecular weight excluding hydrogens is 157 g/mol. The lowest BCUT2D eigenvalue weighted by Crippen LogP contribution is -2.03. The van der Waals surface area contributed by atoms with Gasteiger partial charge in [0.05, 0.1) is 0 Å². The van der Waals surface area contributed by atoms with Crippen molar-refractivity contribution in [3.63, 3.8) is 0 Å². The largest absolute Gasteiger partial charge is 0.398 e. The minimum Gasteiger partial charge on any atom is -0.398 e. The van der Waals surface area contributed by atoms with Crippen molar-refractivity contribution in [1.29, 1.82) is 0 Å². The lowest BCUT2D eigenvalue weighted by atomic mass is 10.1. The molecule has 3 heteroatoms. The Bertz CT molecular complexity index is 334. The molecular formula is C9H10FNO. The highest BCUT2D eigenvalue weighted by molar-refractivity contribution is 5.99. The van der Waals surface area contributed by atoms with Crippen LogP contribution in [0.15, 0.2) is 12.1 Å². The zero-order valence-electron chi connectivity index (χ0n) is 7.02. The summed E-state index contributed by atoms with van der Waals surface area (Å²) in [6.07, 6.45) is 0. The molecule has 0 bridgehead atoms. The van der Waals surface area contributed by atoms with Crippen molar-refractivity contribution in [3.8, 4) is 0 Å². The van der Waals surface area contributed by atoms with Crippen LogP contribution < -0.4 is 5.73 Å². The summed E-state index contributed by atoms with van der Waals surface area (Å²) in [7, 11) is 0. The average molecular weight is 167 g/mol. The van der Waals surface area contributed by atoms with E-state index in [0.29, 0.717) is 11.1 Å². The maximum Gasteiger partial charge on any atom is 0.161 e. The topological polar surface area (TPSA) is 43.1 Å². The molecule has 0 saturated heterocycles. The summed E-state index contributed by atoms with van der Waals surface area (Å²) in [6, 6.07) is 2.66. The molecule has 0 atom stereocenters. The summed E-state index contributed by atoms with van der Waals surface area (Å²) in [5.41, 5.74) is 6.48. The van der Waals surface area contributed by atoms with Gasteiger partial charge in [-0.25, -0.2) is 4.39 Å². The van der Waals surface area contributed by atoms with Gasteiger partial charge >= 0.3 is 0 Å². The van der Waals surface area contributed by atoms with Crippen molar-refractivity contribution < 1.29 is 9.18 Å². The molecule has 1 rings (SSSR count). The van der Waals surface area contributed by atoms with Crippen LogP contribution in [-0.2, 0) is 0 Å². The number of carbonyl (C=O) groups is 1. The second-order valence-electron chi connectivity index (χ2n) is 2.69. The second-order valence-corrected chi connectivity index (χ2v) is 2.69. The van der Waals surface area contributed by atoms with Gasteiger partial charge in [-0.2, -0.15) is 0 Å². The van der Waals surface area contributed by atoms with Crippen molar-refractivity contribution in [2.75, 3.05) is 5.73 Å². The third-order valence-corrected chi connectivity index (χ3v) is 1.83. The SMILES string of the molecule is CC(=O)c1ccc(F)c(C)c1N. The third kappa shape index (κ3) is 1.30. The van der Waals surface area contributed by atoms with Crippen molar-refractivity contribution in [3.05, 3.63) is 29.1 Å². The molecule has 1 aromatic rings. The molecule has 0 aliphatic carbocycles. The van der Waals surface area contributed by atoms with Crippen molar-refractivity contribution in [2.24, 2.45) is 0 Å². The fourth-order valence-corrected chi connectivity index (χ4v) is 1.01. The molecule has 0 unspecified atom stereocenters. The van der Waals surface area contributed by atoms with E-state index >= 15 is 0 Å². The number of rotatable bonds is 1. The first kappa shape index (κ1) is 8.71. The molecule has 0 fully saturated rings. The molecule has 1 aromatic carbocycles. The standard InChI is InChI=1S/C9H10FNO/c1-5-8(10)4-3-7(6(2)12)9(5)11/h3-4H,11H2,1-2H3. The molecule has 0 aliphatic rings. The normalized spacial score (nSPS) is 9.92. The average Bonchev–Trinajstić information content (AvgIpc) is 2.00. The molecule has 2 N–H and O–H groups in total. The van der Waals surface area contributed by atoms with Crippen LogP contribution in [-0.4, -0.2) is 5.78 Å². The maximum atomic E-state index is 12.8. The molecule has 0 spiro atoms. The molecule has 64 valence electrons. The van der Waals surface area contributed by atoms with E-state index in [-0.39, 0.29) is 17.3 Å². The van der Waals surface area contributed by atoms with Gasteiger partial charge in [0.1, 0.15) is 5.82 Å². The van der Waals surface area contributed by atoms with Gasteiger partial charge in [-0.3, -0.25) is 4.79 Å². The number of nitrogen functional groups attached to an aromatic ring is 1. The van der Waals surface area contributed by atoms with Gasteiger partial charge in [-0.15, -0.1) is 0 Å². The third-order valence-electron chi connectivity index (χ3n) is 1.83. The number of Topliss-reactive ketones (excluding diaryl/α,β-unsaturated/α-hetero) is 1. The number of ketones is 1. The molecule has 0 radical (unpaired) electrons. The summed E-state index contributed by atoms with van der Waals surface area (Å²) < 4.78 is 12.8. The fourth-order valence-electron chi connectivity index (χ4n) is 1.01. The van der Waals surface area contributed by atoms with Crippen molar-refractivity contribution >= 4 is 11.5 Å². The predicted molar refractivity (Wildman–Crippen MR) is 45.6 cm³/mol. The summed E-state index contributed by atoms with van der Waals surface area (Å²) in [6.45, 7) is 2.96. The first-order chi connectivity index (χ1) is 5.54. The van der Waals surface area contributed by atoms with E-state index in [2.05, 4.69) is 0 Å². The highest BCUT2D eigenvalue weighted by Crippen LogP contribution is 2.19. The Balaban J connectivity index is 3.36. The van der Waals surface area contributed by atoms with Crippen LogP contribution in [0.25, 0.3) is 0 Å². The Hall–Kier alpha value is -1.38. The fraction of sp³-hybridized carbons (Fsp3) is 0.222. The first-order valence-electron chi connectivity index (χ1n) is 3.59. The lowest BCUT2D eigenvalue weighted by molar-refractivity contribution is 0.101. The van der Waals surface area contributed by atoms with Gasteiger partial charge in [-0.1, -0.05) is 0 Å².